The van der Waals surface area contributed by atoms with Crippen molar-refractivity contribution in [2.24, 2.45) is 0 Å². The molecule has 0 bridgehead atoms. The van der Waals surface area contributed by atoms with E-state index in [2.05, 4.69) is 15.9 Å². The van der Waals surface area contributed by atoms with Crippen LogP contribution in [0.5, 0.6) is 0 Å². The molecule has 0 saturated heterocycles. The lowest BCUT2D eigenvalue weighted by Crippen LogP contribution is -1.94. The Bertz CT molecular complexity index is 544. The van der Waals surface area contributed by atoms with Gasteiger partial charge in [0.15, 0.2) is 5.78 Å². The van der Waals surface area contributed by atoms with Gasteiger partial charge in [0.2, 0.25) is 0 Å². The van der Waals surface area contributed by atoms with Gasteiger partial charge in [0.05, 0.1) is 0 Å². The van der Waals surface area contributed by atoms with Crippen LogP contribution in [0.25, 0.3) is 6.08 Å². The van der Waals surface area contributed by atoms with Crippen LogP contribution in [0.4, 0.5) is 0 Å². The van der Waals surface area contributed by atoms with E-state index in [4.69, 9.17) is 0 Å². The van der Waals surface area contributed by atoms with Gasteiger partial charge in [-0.15, -0.1) is 0 Å². The summed E-state index contributed by atoms with van der Waals surface area (Å²) in [5.41, 5.74) is 1.70. The summed E-state index contributed by atoms with van der Waals surface area (Å²) in [6, 6.07) is 17.2. The van der Waals surface area contributed by atoms with Crippen molar-refractivity contribution in [1.29, 1.82) is 0 Å². The molecule has 0 saturated carbocycles. The monoisotopic (exact) mass is 286 g/mol. The van der Waals surface area contributed by atoms with Crippen LogP contribution in [-0.4, -0.2) is 5.78 Å². The molecule has 0 spiro atoms. The molecule has 1 nitrogen and oxygen atoms in total. The van der Waals surface area contributed by atoms with Gasteiger partial charge in [0.25, 0.3) is 0 Å². The average molecular weight is 287 g/mol. The molecular weight excluding hydrogens is 276 g/mol. The number of hydrogen-bond acceptors (Lipinski definition) is 1. The zero-order valence-corrected chi connectivity index (χ0v) is 10.7. The number of ketones is 1. The van der Waals surface area contributed by atoms with Gasteiger partial charge < -0.3 is 0 Å². The summed E-state index contributed by atoms with van der Waals surface area (Å²) >= 11 is 3.37. The molecule has 84 valence electrons. The Morgan fingerprint density at radius 2 is 1.59 bits per heavy atom. The van der Waals surface area contributed by atoms with Crippen molar-refractivity contribution in [2.75, 3.05) is 0 Å². The first-order chi connectivity index (χ1) is 8.27. The summed E-state index contributed by atoms with van der Waals surface area (Å²) in [7, 11) is 0. The van der Waals surface area contributed by atoms with E-state index >= 15 is 0 Å². The van der Waals surface area contributed by atoms with Gasteiger partial charge in [-0.2, -0.15) is 0 Å². The van der Waals surface area contributed by atoms with Crippen molar-refractivity contribution in [1.82, 2.24) is 0 Å². The molecule has 0 unspecified atom stereocenters. The summed E-state index contributed by atoms with van der Waals surface area (Å²) in [5.74, 6) is 0.00123. The van der Waals surface area contributed by atoms with Crippen molar-refractivity contribution in [3.8, 4) is 0 Å². The topological polar surface area (TPSA) is 17.1 Å². The third-order valence-electron chi connectivity index (χ3n) is 2.37. The lowest BCUT2D eigenvalue weighted by Gasteiger charge is -1.98. The molecule has 0 fully saturated rings. The van der Waals surface area contributed by atoms with Crippen LogP contribution in [0.1, 0.15) is 15.9 Å². The standard InChI is InChI=1S/C15H11BrO/c16-14-9-5-4-8-13(14)15(17)11-10-12-6-2-1-3-7-12/h1-11H/b11-10+. The van der Waals surface area contributed by atoms with Crippen molar-refractivity contribution in [2.45, 2.75) is 0 Å². The number of carbonyl (C=O) groups is 1. The summed E-state index contributed by atoms with van der Waals surface area (Å²) in [6.45, 7) is 0. The molecule has 0 aromatic heterocycles. The number of rotatable bonds is 3. The first-order valence-corrected chi connectivity index (χ1v) is 6.08. The number of allylic oxidation sites excluding steroid dienone is 1. The lowest BCUT2D eigenvalue weighted by atomic mass is 10.1. The Hall–Kier alpha value is -1.67. The van der Waals surface area contributed by atoms with Crippen LogP contribution in [-0.2, 0) is 0 Å². The summed E-state index contributed by atoms with van der Waals surface area (Å²) in [5, 5.41) is 0. The quantitative estimate of drug-likeness (QED) is 0.606. The molecule has 0 amide bonds. The molecule has 0 heterocycles. The molecule has 0 radical (unpaired) electrons. The van der Waals surface area contributed by atoms with Gasteiger partial charge in [-0.05, 0) is 23.8 Å². The fraction of sp³-hybridized carbons (Fsp3) is 0. The number of benzene rings is 2. The predicted octanol–water partition coefficient (Wildman–Crippen LogP) is 4.35. The minimum atomic E-state index is 0.00123. The molecule has 0 N–H and O–H groups in total. The minimum absolute atomic E-state index is 0.00123. The van der Waals surface area contributed by atoms with Crippen LogP contribution in [0.3, 0.4) is 0 Å². The van der Waals surface area contributed by atoms with Crippen LogP contribution < -0.4 is 0 Å². The zero-order valence-electron chi connectivity index (χ0n) is 9.14. The van der Waals surface area contributed by atoms with E-state index in [1.165, 1.54) is 0 Å². The highest BCUT2D eigenvalue weighted by molar-refractivity contribution is 9.10. The second kappa shape index (κ2) is 5.60. The smallest absolute Gasteiger partial charge is 0.186 e. The van der Waals surface area contributed by atoms with E-state index in [1.54, 1.807) is 6.08 Å². The molecule has 2 rings (SSSR count). The zero-order chi connectivity index (χ0) is 12.1. The number of halogens is 1. The highest BCUT2D eigenvalue weighted by Crippen LogP contribution is 2.17. The maximum Gasteiger partial charge on any atom is 0.186 e. The van der Waals surface area contributed by atoms with E-state index in [9.17, 15) is 4.79 Å². The van der Waals surface area contributed by atoms with Crippen LogP contribution >= 0.6 is 15.9 Å². The number of hydrogen-bond donors (Lipinski definition) is 0. The van der Waals surface area contributed by atoms with Gasteiger partial charge in [-0.25, -0.2) is 0 Å². The van der Waals surface area contributed by atoms with Gasteiger partial charge in [0, 0.05) is 10.0 Å². The third kappa shape index (κ3) is 3.14. The number of carbonyl (C=O) groups excluding carboxylic acids is 1. The summed E-state index contributed by atoms with van der Waals surface area (Å²) < 4.78 is 0.822. The van der Waals surface area contributed by atoms with Crippen LogP contribution in [0.15, 0.2) is 65.1 Å². The summed E-state index contributed by atoms with van der Waals surface area (Å²) in [4.78, 5) is 11.9. The maximum atomic E-state index is 11.9. The SMILES string of the molecule is O=C(/C=C/c1ccccc1)c1ccccc1Br. The maximum absolute atomic E-state index is 11.9. The lowest BCUT2D eigenvalue weighted by molar-refractivity contribution is 0.104. The first-order valence-electron chi connectivity index (χ1n) is 5.29. The van der Waals surface area contributed by atoms with Gasteiger partial charge >= 0.3 is 0 Å². The fourth-order valence-electron chi connectivity index (χ4n) is 1.49. The van der Waals surface area contributed by atoms with Crippen LogP contribution in [0.2, 0.25) is 0 Å². The Labute approximate surface area is 109 Å². The van der Waals surface area contributed by atoms with Gasteiger partial charge in [-0.1, -0.05) is 64.5 Å². The fourth-order valence-corrected chi connectivity index (χ4v) is 1.97. The Kier molecular flexibility index (Phi) is 3.89. The highest BCUT2D eigenvalue weighted by Gasteiger charge is 2.04. The average Bonchev–Trinajstić information content (AvgIpc) is 2.38. The molecule has 17 heavy (non-hydrogen) atoms. The van der Waals surface area contributed by atoms with E-state index < -0.39 is 0 Å². The van der Waals surface area contributed by atoms with Crippen molar-refractivity contribution >= 4 is 27.8 Å². The van der Waals surface area contributed by atoms with Gasteiger partial charge in [0.1, 0.15) is 0 Å². The minimum Gasteiger partial charge on any atom is -0.289 e. The largest absolute Gasteiger partial charge is 0.289 e. The summed E-state index contributed by atoms with van der Waals surface area (Å²) in [6.07, 6.45) is 3.41. The van der Waals surface area contributed by atoms with E-state index in [1.807, 2.05) is 60.7 Å². The normalized spacial score (nSPS) is 10.6. The molecule has 2 aromatic carbocycles. The Morgan fingerprint density at radius 1 is 0.941 bits per heavy atom. The Balaban J connectivity index is 2.18. The second-order valence-electron chi connectivity index (χ2n) is 3.59. The third-order valence-corrected chi connectivity index (χ3v) is 3.06. The highest BCUT2D eigenvalue weighted by atomic mass is 79.9. The molecule has 0 atom stereocenters. The second-order valence-corrected chi connectivity index (χ2v) is 4.44. The molecule has 0 aliphatic rings. The van der Waals surface area contributed by atoms with E-state index in [0.29, 0.717) is 5.56 Å². The van der Waals surface area contributed by atoms with Crippen LogP contribution in [0, 0.1) is 0 Å². The van der Waals surface area contributed by atoms with E-state index in [0.717, 1.165) is 10.0 Å². The van der Waals surface area contributed by atoms with Gasteiger partial charge in [-0.3, -0.25) is 4.79 Å². The molecule has 2 aromatic rings. The van der Waals surface area contributed by atoms with E-state index in [-0.39, 0.29) is 5.78 Å². The predicted molar refractivity (Wildman–Crippen MR) is 73.9 cm³/mol. The Morgan fingerprint density at radius 3 is 2.29 bits per heavy atom. The van der Waals surface area contributed by atoms with Crippen molar-refractivity contribution in [3.05, 3.63) is 76.3 Å². The molecule has 0 aliphatic carbocycles. The molecular formula is C15H11BrO. The van der Waals surface area contributed by atoms with Crippen molar-refractivity contribution in [3.63, 3.8) is 0 Å². The first kappa shape index (κ1) is 11.8. The van der Waals surface area contributed by atoms with Crippen molar-refractivity contribution < 1.29 is 4.79 Å². The molecule has 0 aliphatic heterocycles. The molecule has 2 heteroatoms.